The summed E-state index contributed by atoms with van der Waals surface area (Å²) in [7, 11) is -12.7. The predicted molar refractivity (Wildman–Crippen MR) is 356 cm³/mol. The van der Waals surface area contributed by atoms with Crippen LogP contribution in [0.1, 0.15) is 103 Å². The number of ether oxygens (including phenoxy) is 4. The summed E-state index contributed by atoms with van der Waals surface area (Å²) in [6.45, 7) is 30.7. The number of aliphatic hydroxyl groups excluding tert-OH is 1. The second-order valence-corrected chi connectivity index (χ2v) is 38.9. The molecule has 0 aliphatic carbocycles. The molecule has 0 bridgehead atoms. The Morgan fingerprint density at radius 3 is 0.714 bits per heavy atom. The van der Waals surface area contributed by atoms with Gasteiger partial charge in [0.25, 0.3) is 0 Å². The fraction of sp³-hybridized carbons (Fsp3) is 0.562. The van der Waals surface area contributed by atoms with Crippen molar-refractivity contribution < 1.29 is 124 Å². The first-order valence-electron chi connectivity index (χ1n) is 29.0. The van der Waals surface area contributed by atoms with Crippen LogP contribution in [0.25, 0.3) is 0 Å². The number of rotatable bonds is 29. The van der Waals surface area contributed by atoms with Gasteiger partial charge in [-0.1, -0.05) is 207 Å². The molecule has 20 nitrogen and oxygen atoms in total. The first kappa shape index (κ1) is 101. The summed E-state index contributed by atoms with van der Waals surface area (Å²) in [5.74, 6) is 2.03. The van der Waals surface area contributed by atoms with Crippen molar-refractivity contribution in [2.24, 2.45) is 23.7 Å². The first-order valence-corrected chi connectivity index (χ1v) is 43.5. The third-order valence-corrected chi connectivity index (χ3v) is 20.8. The third-order valence-electron chi connectivity index (χ3n) is 11.7. The molecule has 4 rings (SSSR count). The Balaban J connectivity index is -0.000000184. The molecule has 510 valence electrons. The van der Waals surface area contributed by atoms with E-state index in [1.54, 1.807) is 20.0 Å². The molecule has 5 unspecified atom stereocenters. The van der Waals surface area contributed by atoms with Gasteiger partial charge in [0, 0.05) is 32.0 Å². The van der Waals surface area contributed by atoms with Crippen molar-refractivity contribution in [3.05, 3.63) is 144 Å². The Bertz CT molecular complexity index is 2530. The van der Waals surface area contributed by atoms with E-state index >= 15 is 0 Å². The molecular formula is C64H104NaO20P6+. The fourth-order valence-electron chi connectivity index (χ4n) is 7.07. The molecule has 0 saturated carbocycles. The molecule has 0 aromatic heterocycles. The van der Waals surface area contributed by atoms with Gasteiger partial charge in [0.1, 0.15) is 41.9 Å². The summed E-state index contributed by atoms with van der Waals surface area (Å²) in [5, 5.41) is 8.68. The van der Waals surface area contributed by atoms with Crippen LogP contribution in [0.4, 0.5) is 0 Å². The van der Waals surface area contributed by atoms with Gasteiger partial charge in [-0.3, -0.25) is 0 Å². The molecule has 0 aliphatic heterocycles. The monoisotopic (exact) mass is 1400 g/mol. The minimum atomic E-state index is -3.27. The van der Waals surface area contributed by atoms with E-state index in [9.17, 15) is 32.3 Å². The normalized spacial score (nSPS) is 14.2. The van der Waals surface area contributed by atoms with E-state index < -0.39 is 43.7 Å². The standard InChI is InChI=1S/3C14H23O2P.C9H13O3P.C7H17O2P.C2H6OP.4CO2.Na/c3*1-4-13(2)11-17(3,15)12-16-10-14-8-6-5-7-9-14;1-13(10,11)8-12-7-9-5-3-2-4-6-9;1-4-7(2)5-10(3,9)6-8;1-4(2)3;4*2-1-3;/h3*5-9,13H,4,10-12H2,1-3H3;2-6H,7-8H2,1H3,(H,10,11);7-8H,4-6H2,1-3H3;1-2H3;;;;;/q;;;;;+1;;;;;+1/p-1/t3*13?,17-;;7?,10-;;;;;;/m100.0....../s1. The van der Waals surface area contributed by atoms with Gasteiger partial charge in [0.2, 0.25) is 0 Å². The van der Waals surface area contributed by atoms with Crippen LogP contribution in [0.15, 0.2) is 121 Å². The number of hydrogen-bond acceptors (Lipinski definition) is 20. The molecule has 9 atom stereocenters. The molecule has 0 aliphatic rings. The predicted octanol–water partition coefficient (Wildman–Crippen LogP) is 11.7. The Kier molecular flexibility index (Phi) is 72.2. The molecule has 0 radical (unpaired) electrons. The Morgan fingerprint density at radius 1 is 0.396 bits per heavy atom. The largest absolute Gasteiger partial charge is 1.00 e. The zero-order valence-electron chi connectivity index (χ0n) is 56.8. The van der Waals surface area contributed by atoms with Crippen LogP contribution in [-0.4, -0.2) is 133 Å². The van der Waals surface area contributed by atoms with E-state index in [1.165, 1.54) is 6.66 Å². The second-order valence-electron chi connectivity index (χ2n) is 22.1. The van der Waals surface area contributed by atoms with Crippen LogP contribution in [-0.2, 0) is 111 Å². The molecule has 0 spiro atoms. The van der Waals surface area contributed by atoms with Crippen molar-refractivity contribution >= 4 is 68.3 Å². The van der Waals surface area contributed by atoms with Crippen molar-refractivity contribution in [2.75, 3.05) is 103 Å². The minimum absolute atomic E-state index is 0. The van der Waals surface area contributed by atoms with Gasteiger partial charge >= 0.3 is 62.0 Å². The maximum Gasteiger partial charge on any atom is 1.00 e. The molecule has 0 amide bonds. The molecule has 0 heterocycles. The van der Waals surface area contributed by atoms with E-state index in [2.05, 4.69) is 55.4 Å². The van der Waals surface area contributed by atoms with Crippen LogP contribution in [0.2, 0.25) is 0 Å². The van der Waals surface area contributed by atoms with E-state index in [0.717, 1.165) is 66.4 Å². The van der Waals surface area contributed by atoms with Gasteiger partial charge in [-0.25, -0.2) is 0 Å². The van der Waals surface area contributed by atoms with Crippen molar-refractivity contribution in [2.45, 2.75) is 108 Å². The van der Waals surface area contributed by atoms with E-state index in [-0.39, 0.29) is 66.9 Å². The summed E-state index contributed by atoms with van der Waals surface area (Å²) < 4.78 is 90.1. The van der Waals surface area contributed by atoms with Gasteiger partial charge in [0.05, 0.1) is 58.2 Å². The van der Waals surface area contributed by atoms with E-state index in [0.29, 0.717) is 75.3 Å². The molecule has 0 saturated heterocycles. The average Bonchev–Trinajstić information content (AvgIpc) is 3.58. The molecule has 0 fully saturated rings. The summed E-state index contributed by atoms with van der Waals surface area (Å²) in [6, 6.07) is 39.5. The number of carbonyl (C=O) groups excluding carboxylic acids is 8. The van der Waals surface area contributed by atoms with E-state index in [1.807, 2.05) is 141 Å². The Labute approximate surface area is 566 Å². The minimum Gasteiger partial charge on any atom is -0.798 e. The molecule has 1 N–H and O–H groups in total. The van der Waals surface area contributed by atoms with Crippen molar-refractivity contribution in [1.82, 2.24) is 0 Å². The van der Waals surface area contributed by atoms with Crippen LogP contribution in [0, 0.1) is 23.7 Å². The molecule has 91 heavy (non-hydrogen) atoms. The van der Waals surface area contributed by atoms with E-state index in [4.69, 9.17) is 62.4 Å². The zero-order valence-corrected chi connectivity index (χ0v) is 64.1. The maximum atomic E-state index is 12.2. The van der Waals surface area contributed by atoms with Crippen LogP contribution in [0.5, 0.6) is 0 Å². The zero-order chi connectivity index (χ0) is 70.5. The van der Waals surface area contributed by atoms with Crippen LogP contribution < -0.4 is 34.5 Å². The third kappa shape index (κ3) is 80.6. The summed E-state index contributed by atoms with van der Waals surface area (Å²) >= 11 is 0. The topological polar surface area (TPSA) is 319 Å². The van der Waals surface area contributed by atoms with Crippen LogP contribution in [0.3, 0.4) is 0 Å². The number of hydrogen-bond donors (Lipinski definition) is 1. The Hall–Kier alpha value is -3.59. The smallest absolute Gasteiger partial charge is 0.798 e. The fourth-order valence-corrected chi connectivity index (χ4v) is 15.7. The molecular weight excluding hydrogens is 1300 g/mol. The quantitative estimate of drug-likeness (QED) is 0.0390. The van der Waals surface area contributed by atoms with Gasteiger partial charge in [0.15, 0.2) is 0 Å². The van der Waals surface area contributed by atoms with Gasteiger partial charge in [-0.15, -0.1) is 0 Å². The summed E-state index contributed by atoms with van der Waals surface area (Å²) in [6.07, 6.45) is 9.18. The average molecular weight is 1400 g/mol. The van der Waals surface area contributed by atoms with Gasteiger partial charge < -0.3 is 51.8 Å². The molecule has 4 aromatic rings. The molecule has 4 aromatic carbocycles. The first-order chi connectivity index (χ1) is 42.1. The SMILES string of the molecule is CCC(C)C[P@@](C)(=O)COCc1ccccc1.CCC(C)C[P@](C)(=O)CO.CCC(C)C[P@](C)(=O)COCc1ccccc1.CCC(C)C[P@](C)(=O)COCc1ccccc1.CP(=O)([O-])COCc1ccccc1.C[P+](C)=O.O=C=O.O=C=O.O=C=O.O=C=O.[Na+]. The van der Waals surface area contributed by atoms with Crippen LogP contribution >= 0.6 is 43.7 Å². The van der Waals surface area contributed by atoms with Gasteiger partial charge in [-0.2, -0.15) is 38.4 Å². The number of aliphatic hydroxyl groups is 1. The maximum absolute atomic E-state index is 12.2. The number of benzene rings is 4. The summed E-state index contributed by atoms with van der Waals surface area (Å²) in [5.41, 5.74) is 4.39. The van der Waals surface area contributed by atoms with Crippen molar-refractivity contribution in [1.29, 1.82) is 0 Å². The second kappa shape index (κ2) is 65.1. The molecule has 27 heteroatoms. The van der Waals surface area contributed by atoms with Crippen molar-refractivity contribution in [3.8, 4) is 0 Å². The summed E-state index contributed by atoms with van der Waals surface area (Å²) in [4.78, 5) is 75.7. The van der Waals surface area contributed by atoms with Crippen molar-refractivity contribution in [3.63, 3.8) is 0 Å². The Morgan fingerprint density at radius 2 is 0.560 bits per heavy atom. The van der Waals surface area contributed by atoms with Gasteiger partial charge in [-0.05, 0) is 79.2 Å².